The quantitative estimate of drug-likeness (QED) is 0.350. The summed E-state index contributed by atoms with van der Waals surface area (Å²) < 4.78 is 0. The van der Waals surface area contributed by atoms with E-state index < -0.39 is 0 Å². The second kappa shape index (κ2) is 3.53. The van der Waals surface area contributed by atoms with Crippen molar-refractivity contribution in [3.8, 4) is 0 Å². The molecule has 0 bridgehead atoms. The van der Waals surface area contributed by atoms with Crippen molar-refractivity contribution in [2.24, 2.45) is 10.2 Å². The van der Waals surface area contributed by atoms with Gasteiger partial charge in [-0.2, -0.15) is 10.2 Å². The van der Waals surface area contributed by atoms with Gasteiger partial charge in [-0.25, -0.2) is 0 Å². The van der Waals surface area contributed by atoms with Crippen LogP contribution in [0.3, 0.4) is 0 Å². The van der Waals surface area contributed by atoms with Gasteiger partial charge in [-0.3, -0.25) is 0 Å². The Hall–Kier alpha value is -0.660. The lowest BCUT2D eigenvalue weighted by atomic mass is 10.5. The number of nitrogens with zero attached hydrogens (tertiary/aromatic N) is 2. The van der Waals surface area contributed by atoms with Gasteiger partial charge in [0, 0.05) is 11.9 Å². The zero-order chi connectivity index (χ0) is 5.70. The second-order valence-electron chi connectivity index (χ2n) is 1.42. The summed E-state index contributed by atoms with van der Waals surface area (Å²) in [7, 11) is 0. The molecule has 0 aromatic carbocycles. The summed E-state index contributed by atoms with van der Waals surface area (Å²) in [6, 6.07) is 0. The van der Waals surface area contributed by atoms with Crippen molar-refractivity contribution >= 4 is 11.9 Å². The van der Waals surface area contributed by atoms with Crippen LogP contribution in [0.2, 0.25) is 0 Å². The maximum absolute atomic E-state index is 3.73. The molecule has 0 unspecified atom stereocenters. The summed E-state index contributed by atoms with van der Waals surface area (Å²) in [5.41, 5.74) is 0.984. The molecule has 0 rings (SSSR count). The molecule has 0 fully saturated rings. The first kappa shape index (κ1) is 6.34. The summed E-state index contributed by atoms with van der Waals surface area (Å²) >= 11 is 0. The predicted molar refractivity (Wildman–Crippen MR) is 32.9 cm³/mol. The zero-order valence-corrected chi connectivity index (χ0v) is 4.97. The topological polar surface area (TPSA) is 24.7 Å². The van der Waals surface area contributed by atoms with Crippen molar-refractivity contribution in [3.05, 3.63) is 0 Å². The van der Waals surface area contributed by atoms with Crippen LogP contribution in [0, 0.1) is 0 Å². The smallest absolute Gasteiger partial charge is 0.0344 e. The Kier molecular flexibility index (Phi) is 3.19. The molecule has 0 aromatic heterocycles. The van der Waals surface area contributed by atoms with Crippen LogP contribution in [0.25, 0.3) is 0 Å². The Morgan fingerprint density at radius 3 is 2.14 bits per heavy atom. The minimum Gasteiger partial charge on any atom is -0.164 e. The van der Waals surface area contributed by atoms with Crippen LogP contribution in [0.1, 0.15) is 20.8 Å². The minimum absolute atomic E-state index is 0.984. The Bertz CT molecular complexity index is 88.3. The molecule has 40 valence electrons. The third-order valence-electron chi connectivity index (χ3n) is 0.373. The molecule has 7 heavy (non-hydrogen) atoms. The highest BCUT2D eigenvalue weighted by atomic mass is 15.2. The van der Waals surface area contributed by atoms with Gasteiger partial charge in [0.05, 0.1) is 0 Å². The molecule has 2 heteroatoms. The van der Waals surface area contributed by atoms with Gasteiger partial charge in [-0.1, -0.05) is 0 Å². The molecule has 0 N–H and O–H groups in total. The molecular formula is C5H10N2. The molecule has 0 radical (unpaired) electrons. The summed E-state index contributed by atoms with van der Waals surface area (Å²) in [4.78, 5) is 0. The summed E-state index contributed by atoms with van der Waals surface area (Å²) in [5.74, 6) is 0. The Balaban J connectivity index is 3.46. The third kappa shape index (κ3) is 5.34. The molecule has 0 atom stereocenters. The maximum atomic E-state index is 3.73. The second-order valence-corrected chi connectivity index (χ2v) is 1.42. The maximum Gasteiger partial charge on any atom is 0.0344 e. The van der Waals surface area contributed by atoms with Gasteiger partial charge in [0.2, 0.25) is 0 Å². The molecule has 0 heterocycles. The van der Waals surface area contributed by atoms with Crippen LogP contribution in [0.15, 0.2) is 10.2 Å². The highest BCUT2D eigenvalue weighted by molar-refractivity contribution is 5.79. The lowest BCUT2D eigenvalue weighted by molar-refractivity contribution is 1.23. The standard InChI is InChI=1S/C5H10N2/c1-4-6-7-5(2)3/h4H,1-3H3/b6-4-. The van der Waals surface area contributed by atoms with Crippen molar-refractivity contribution < 1.29 is 0 Å². The predicted octanol–water partition coefficient (Wildman–Crippen LogP) is 1.47. The van der Waals surface area contributed by atoms with Crippen LogP contribution in [-0.2, 0) is 0 Å². The highest BCUT2D eigenvalue weighted by Crippen LogP contribution is 1.72. The molecule has 0 saturated heterocycles. The van der Waals surface area contributed by atoms with Crippen LogP contribution in [-0.4, -0.2) is 11.9 Å². The van der Waals surface area contributed by atoms with E-state index in [0.717, 1.165) is 5.71 Å². The van der Waals surface area contributed by atoms with E-state index >= 15 is 0 Å². The molecule has 0 aliphatic carbocycles. The van der Waals surface area contributed by atoms with Crippen molar-refractivity contribution in [2.45, 2.75) is 20.8 Å². The van der Waals surface area contributed by atoms with Crippen LogP contribution >= 0.6 is 0 Å². The van der Waals surface area contributed by atoms with Gasteiger partial charge in [-0.05, 0) is 20.8 Å². The van der Waals surface area contributed by atoms with Gasteiger partial charge in [-0.15, -0.1) is 0 Å². The van der Waals surface area contributed by atoms with E-state index in [4.69, 9.17) is 0 Å². The highest BCUT2D eigenvalue weighted by Gasteiger charge is 1.67. The number of rotatable bonds is 1. The molecule has 0 saturated carbocycles. The van der Waals surface area contributed by atoms with E-state index in [-0.39, 0.29) is 0 Å². The largest absolute Gasteiger partial charge is 0.164 e. The van der Waals surface area contributed by atoms with E-state index in [2.05, 4.69) is 10.2 Å². The molecule has 0 aromatic rings. The van der Waals surface area contributed by atoms with Gasteiger partial charge in [0.15, 0.2) is 0 Å². The molecule has 0 spiro atoms. The van der Waals surface area contributed by atoms with Gasteiger partial charge in [0.25, 0.3) is 0 Å². The molecule has 0 amide bonds. The average Bonchev–Trinajstić information content (AvgIpc) is 1.61. The van der Waals surface area contributed by atoms with Gasteiger partial charge < -0.3 is 0 Å². The molecular weight excluding hydrogens is 88.1 g/mol. The van der Waals surface area contributed by atoms with Crippen molar-refractivity contribution in [1.29, 1.82) is 0 Å². The first-order chi connectivity index (χ1) is 3.27. The lowest BCUT2D eigenvalue weighted by Crippen LogP contribution is -1.75. The summed E-state index contributed by atoms with van der Waals surface area (Å²) in [6.45, 7) is 5.66. The first-order valence-electron chi connectivity index (χ1n) is 2.26. The van der Waals surface area contributed by atoms with E-state index in [1.807, 2.05) is 20.8 Å². The molecule has 0 aliphatic heterocycles. The Morgan fingerprint density at radius 1 is 1.43 bits per heavy atom. The lowest BCUT2D eigenvalue weighted by Gasteiger charge is -1.77. The fourth-order valence-electron chi connectivity index (χ4n) is 0.173. The minimum atomic E-state index is 0.984. The monoisotopic (exact) mass is 98.1 g/mol. The molecule has 0 aliphatic rings. The first-order valence-corrected chi connectivity index (χ1v) is 2.26. The van der Waals surface area contributed by atoms with Crippen LogP contribution in [0.4, 0.5) is 0 Å². The molecule has 2 nitrogen and oxygen atoms in total. The van der Waals surface area contributed by atoms with Crippen molar-refractivity contribution in [2.75, 3.05) is 0 Å². The van der Waals surface area contributed by atoms with E-state index in [1.165, 1.54) is 0 Å². The van der Waals surface area contributed by atoms with Gasteiger partial charge in [0.1, 0.15) is 0 Å². The Morgan fingerprint density at radius 2 is 2.00 bits per heavy atom. The number of hydrogen-bond acceptors (Lipinski definition) is 2. The summed E-state index contributed by atoms with van der Waals surface area (Å²) in [6.07, 6.45) is 1.66. The van der Waals surface area contributed by atoms with Crippen molar-refractivity contribution in [3.63, 3.8) is 0 Å². The van der Waals surface area contributed by atoms with Gasteiger partial charge >= 0.3 is 0 Å². The fourth-order valence-corrected chi connectivity index (χ4v) is 0.173. The van der Waals surface area contributed by atoms with E-state index in [1.54, 1.807) is 6.21 Å². The summed E-state index contributed by atoms with van der Waals surface area (Å²) in [5, 5.41) is 7.36. The normalized spacial score (nSPS) is 9.57. The van der Waals surface area contributed by atoms with Crippen LogP contribution in [0.5, 0.6) is 0 Å². The average molecular weight is 98.1 g/mol. The van der Waals surface area contributed by atoms with E-state index in [0.29, 0.717) is 0 Å². The SMILES string of the molecule is C/C=N\N=C(C)C. The number of hydrogen-bond donors (Lipinski definition) is 0. The fraction of sp³-hybridized carbons (Fsp3) is 0.600. The Labute approximate surface area is 44.0 Å². The zero-order valence-electron chi connectivity index (χ0n) is 4.97. The van der Waals surface area contributed by atoms with E-state index in [9.17, 15) is 0 Å². The van der Waals surface area contributed by atoms with Crippen LogP contribution < -0.4 is 0 Å². The third-order valence-corrected chi connectivity index (χ3v) is 0.373. The van der Waals surface area contributed by atoms with Crippen molar-refractivity contribution in [1.82, 2.24) is 0 Å².